The van der Waals surface area contributed by atoms with E-state index >= 15 is 0 Å². The fourth-order valence-electron chi connectivity index (χ4n) is 3.08. The second kappa shape index (κ2) is 5.36. The van der Waals surface area contributed by atoms with Crippen LogP contribution < -0.4 is 11.1 Å². The van der Waals surface area contributed by atoms with Gasteiger partial charge in [0.15, 0.2) is 15.5 Å². The van der Waals surface area contributed by atoms with Crippen molar-refractivity contribution in [3.8, 4) is 0 Å². The summed E-state index contributed by atoms with van der Waals surface area (Å²) in [6.07, 6.45) is 3.12. The summed E-state index contributed by atoms with van der Waals surface area (Å²) in [5.41, 5.74) is 8.52. The molecule has 0 spiro atoms. The lowest BCUT2D eigenvalue weighted by Gasteiger charge is -2.11. The summed E-state index contributed by atoms with van der Waals surface area (Å²) in [6.45, 7) is 1.76. The number of benzene rings is 1. The Labute approximate surface area is 143 Å². The number of nitrogens with two attached hydrogens (primary N) is 1. The molecule has 0 saturated carbocycles. The molecule has 2 aromatic heterocycles. The van der Waals surface area contributed by atoms with Gasteiger partial charge in [0.2, 0.25) is 0 Å². The third-order valence-corrected chi connectivity index (χ3v) is 6.16. The van der Waals surface area contributed by atoms with Crippen LogP contribution >= 0.6 is 0 Å². The lowest BCUT2D eigenvalue weighted by molar-refractivity contribution is 0.102. The van der Waals surface area contributed by atoms with Gasteiger partial charge in [-0.25, -0.2) is 13.4 Å². The normalized spacial score (nSPS) is 18.2. The Kier molecular flexibility index (Phi) is 3.37. The zero-order valence-electron chi connectivity index (χ0n) is 13.3. The number of carbonyl (C=O) groups is 1. The van der Waals surface area contributed by atoms with Gasteiger partial charge in [0.05, 0.1) is 27.9 Å². The quantitative estimate of drug-likeness (QED) is 0.634. The molecule has 128 valence electrons. The van der Waals surface area contributed by atoms with Crippen LogP contribution in [0, 0.1) is 6.92 Å². The van der Waals surface area contributed by atoms with E-state index in [2.05, 4.69) is 20.5 Å². The second-order valence-corrected chi connectivity index (χ2v) is 8.04. The van der Waals surface area contributed by atoms with Crippen LogP contribution in [0.15, 0.2) is 35.5 Å². The average Bonchev–Trinajstić information content (AvgIpc) is 3.10. The number of rotatable bonds is 2. The van der Waals surface area contributed by atoms with Crippen molar-refractivity contribution in [2.75, 3.05) is 11.1 Å². The molecule has 1 atom stereocenters. The molecule has 25 heavy (non-hydrogen) atoms. The Morgan fingerprint density at radius 2 is 2.20 bits per heavy atom. The second-order valence-electron chi connectivity index (χ2n) is 6.04. The molecule has 9 heteroatoms. The van der Waals surface area contributed by atoms with Crippen molar-refractivity contribution in [3.05, 3.63) is 47.3 Å². The van der Waals surface area contributed by atoms with Crippen molar-refractivity contribution in [1.29, 1.82) is 0 Å². The highest BCUT2D eigenvalue weighted by Gasteiger charge is 2.34. The highest BCUT2D eigenvalue weighted by molar-refractivity contribution is 7.91. The number of H-pyrrole nitrogens is 1. The van der Waals surface area contributed by atoms with Crippen LogP contribution in [0.2, 0.25) is 0 Å². The van der Waals surface area contributed by atoms with Crippen LogP contribution in [0.5, 0.6) is 0 Å². The van der Waals surface area contributed by atoms with Gasteiger partial charge in [0.25, 0.3) is 5.91 Å². The molecule has 1 amide bonds. The number of amides is 1. The molecular weight excluding hydrogens is 342 g/mol. The number of aryl methyl sites for hydroxylation is 1. The SMILES string of the molecule is Cc1cc2c(cc1C(=O)Nc1ccnc3[nH]ncc13)S(=O)(=O)C[C@@H]2N. The van der Waals surface area contributed by atoms with Crippen molar-refractivity contribution in [1.82, 2.24) is 15.2 Å². The number of hydrogen-bond donors (Lipinski definition) is 3. The van der Waals surface area contributed by atoms with Crippen molar-refractivity contribution in [3.63, 3.8) is 0 Å². The highest BCUT2D eigenvalue weighted by Crippen LogP contribution is 2.34. The van der Waals surface area contributed by atoms with Gasteiger partial charge in [-0.1, -0.05) is 6.07 Å². The van der Waals surface area contributed by atoms with E-state index in [0.29, 0.717) is 33.4 Å². The molecule has 0 radical (unpaired) electrons. The first-order valence-corrected chi connectivity index (χ1v) is 9.24. The molecule has 8 nitrogen and oxygen atoms in total. The first kappa shape index (κ1) is 15.7. The summed E-state index contributed by atoms with van der Waals surface area (Å²) >= 11 is 0. The Morgan fingerprint density at radius 3 is 3.00 bits per heavy atom. The summed E-state index contributed by atoms with van der Waals surface area (Å²) in [7, 11) is -3.46. The fraction of sp³-hybridized carbons (Fsp3) is 0.188. The third-order valence-electron chi connectivity index (χ3n) is 4.34. The molecule has 0 fully saturated rings. The van der Waals surface area contributed by atoms with E-state index in [9.17, 15) is 13.2 Å². The van der Waals surface area contributed by atoms with Gasteiger partial charge in [-0.3, -0.25) is 9.89 Å². The van der Waals surface area contributed by atoms with Crippen LogP contribution in [-0.2, 0) is 9.84 Å². The molecule has 0 aliphatic carbocycles. The van der Waals surface area contributed by atoms with Gasteiger partial charge >= 0.3 is 0 Å². The van der Waals surface area contributed by atoms with E-state index in [0.717, 1.165) is 0 Å². The minimum absolute atomic E-state index is 0.132. The minimum Gasteiger partial charge on any atom is -0.323 e. The van der Waals surface area contributed by atoms with Crippen LogP contribution in [0.25, 0.3) is 11.0 Å². The number of aromatic nitrogens is 3. The summed E-state index contributed by atoms with van der Waals surface area (Å²) in [5.74, 6) is -0.531. The molecule has 4 N–H and O–H groups in total. The van der Waals surface area contributed by atoms with E-state index in [1.807, 2.05) is 0 Å². The van der Waals surface area contributed by atoms with Crippen LogP contribution in [0.3, 0.4) is 0 Å². The first-order chi connectivity index (χ1) is 11.9. The van der Waals surface area contributed by atoms with E-state index < -0.39 is 21.8 Å². The molecule has 1 aliphatic heterocycles. The Balaban J connectivity index is 1.75. The number of hydrogen-bond acceptors (Lipinski definition) is 6. The Bertz CT molecular complexity index is 1120. The van der Waals surface area contributed by atoms with Gasteiger partial charge in [-0.2, -0.15) is 5.10 Å². The smallest absolute Gasteiger partial charge is 0.255 e. The molecule has 0 saturated heterocycles. The van der Waals surface area contributed by atoms with Gasteiger partial charge in [-0.05, 0) is 30.2 Å². The van der Waals surface area contributed by atoms with Crippen molar-refractivity contribution >= 4 is 32.5 Å². The third kappa shape index (κ3) is 2.48. The highest BCUT2D eigenvalue weighted by atomic mass is 32.2. The molecule has 3 heterocycles. The summed E-state index contributed by atoms with van der Waals surface area (Å²) in [4.78, 5) is 17.0. The van der Waals surface area contributed by atoms with Gasteiger partial charge < -0.3 is 11.1 Å². The van der Waals surface area contributed by atoms with E-state index in [1.54, 1.807) is 31.5 Å². The maximum Gasteiger partial charge on any atom is 0.255 e. The van der Waals surface area contributed by atoms with Gasteiger partial charge in [-0.15, -0.1) is 0 Å². The zero-order chi connectivity index (χ0) is 17.8. The monoisotopic (exact) mass is 357 g/mol. The van der Waals surface area contributed by atoms with Gasteiger partial charge in [0, 0.05) is 17.8 Å². The summed E-state index contributed by atoms with van der Waals surface area (Å²) in [6, 6.07) is 4.20. The van der Waals surface area contributed by atoms with Crippen LogP contribution in [-0.4, -0.2) is 35.3 Å². The van der Waals surface area contributed by atoms with Crippen molar-refractivity contribution in [2.24, 2.45) is 5.73 Å². The Hall–Kier alpha value is -2.78. The van der Waals surface area contributed by atoms with E-state index in [-0.39, 0.29) is 10.6 Å². The van der Waals surface area contributed by atoms with Crippen LogP contribution in [0.4, 0.5) is 5.69 Å². The minimum atomic E-state index is -3.46. The zero-order valence-corrected chi connectivity index (χ0v) is 14.1. The van der Waals surface area contributed by atoms with E-state index in [4.69, 9.17) is 5.73 Å². The largest absolute Gasteiger partial charge is 0.323 e. The number of fused-ring (bicyclic) bond motifs is 2. The molecule has 1 aliphatic rings. The molecule has 4 rings (SSSR count). The molecule has 3 aromatic rings. The topological polar surface area (TPSA) is 131 Å². The predicted molar refractivity (Wildman–Crippen MR) is 92.0 cm³/mol. The molecular formula is C16H15N5O3S. The summed E-state index contributed by atoms with van der Waals surface area (Å²) < 4.78 is 24.4. The predicted octanol–water partition coefficient (Wildman–Crippen LogP) is 1.31. The fourth-order valence-corrected chi connectivity index (χ4v) is 4.78. The number of sulfone groups is 1. The van der Waals surface area contributed by atoms with Crippen molar-refractivity contribution < 1.29 is 13.2 Å². The first-order valence-electron chi connectivity index (χ1n) is 7.59. The number of anilines is 1. The summed E-state index contributed by atoms with van der Waals surface area (Å²) in [5, 5.41) is 10.1. The Morgan fingerprint density at radius 1 is 1.40 bits per heavy atom. The molecule has 0 unspecified atom stereocenters. The maximum atomic E-state index is 12.7. The van der Waals surface area contributed by atoms with E-state index in [1.165, 1.54) is 6.07 Å². The van der Waals surface area contributed by atoms with Gasteiger partial charge in [0.1, 0.15) is 0 Å². The maximum absolute atomic E-state index is 12.7. The van der Waals surface area contributed by atoms with Crippen LogP contribution in [0.1, 0.15) is 27.5 Å². The lowest BCUT2D eigenvalue weighted by atomic mass is 10.0. The number of aromatic amines is 1. The van der Waals surface area contributed by atoms with Crippen molar-refractivity contribution in [2.45, 2.75) is 17.9 Å². The molecule has 0 bridgehead atoms. The number of pyridine rings is 1. The standard InChI is InChI=1S/C16H15N5O3S/c1-8-4-10-12(17)7-25(23,24)14(10)5-9(8)16(22)20-13-2-3-18-15-11(13)6-19-21-15/h2-6,12H,7,17H2,1H3,(H2,18,19,20,21,22)/t12-/m0/s1. The number of carbonyl (C=O) groups excluding carboxylic acids is 1. The average molecular weight is 357 g/mol. The lowest BCUT2D eigenvalue weighted by Crippen LogP contribution is -2.15. The molecule has 1 aromatic carbocycles. The number of nitrogens with zero attached hydrogens (tertiary/aromatic N) is 2. The number of nitrogens with one attached hydrogen (secondary N) is 2.